The number of hydrazone groups is 1. The second kappa shape index (κ2) is 5.92. The number of non-ortho nitro benzene ring substituents is 1. The lowest BCUT2D eigenvalue weighted by atomic mass is 10.1. The van der Waals surface area contributed by atoms with Gasteiger partial charge < -0.3 is 0 Å². The molecule has 6 heteroatoms. The maximum absolute atomic E-state index is 13.5. The second-order valence-electron chi connectivity index (χ2n) is 4.10. The highest BCUT2D eigenvalue weighted by atomic mass is 19.1. The highest BCUT2D eigenvalue weighted by Gasteiger charge is 2.06. The van der Waals surface area contributed by atoms with Gasteiger partial charge in [0.15, 0.2) is 0 Å². The summed E-state index contributed by atoms with van der Waals surface area (Å²) in [6.07, 6.45) is 0. The number of hydrogen-bond donors (Lipinski definition) is 1. The van der Waals surface area contributed by atoms with Gasteiger partial charge in [0, 0.05) is 17.7 Å². The molecule has 0 saturated carbocycles. The molecule has 2 aromatic rings. The van der Waals surface area contributed by atoms with Crippen LogP contribution in [0.3, 0.4) is 0 Å². The largest absolute Gasteiger partial charge is 0.278 e. The SMILES string of the molecule is CC(=NNc1cccc([N+](=O)[O-])c1)c1ccccc1F. The van der Waals surface area contributed by atoms with Crippen molar-refractivity contribution in [1.82, 2.24) is 0 Å². The Morgan fingerprint density at radius 3 is 2.70 bits per heavy atom. The highest BCUT2D eigenvalue weighted by molar-refractivity contribution is 5.99. The van der Waals surface area contributed by atoms with Crippen LogP contribution in [0.2, 0.25) is 0 Å². The molecular weight excluding hydrogens is 261 g/mol. The normalized spacial score (nSPS) is 11.2. The maximum atomic E-state index is 13.5. The van der Waals surface area contributed by atoms with Gasteiger partial charge in [-0.25, -0.2) is 4.39 Å². The molecule has 0 aliphatic carbocycles. The number of nitro benzene ring substituents is 1. The van der Waals surface area contributed by atoms with Crippen LogP contribution < -0.4 is 5.43 Å². The minimum Gasteiger partial charge on any atom is -0.278 e. The summed E-state index contributed by atoms with van der Waals surface area (Å²) in [5, 5.41) is 14.7. The monoisotopic (exact) mass is 273 g/mol. The third-order valence-electron chi connectivity index (χ3n) is 2.67. The summed E-state index contributed by atoms with van der Waals surface area (Å²) in [4.78, 5) is 10.2. The van der Waals surface area contributed by atoms with Gasteiger partial charge in [-0.1, -0.05) is 24.3 Å². The van der Waals surface area contributed by atoms with E-state index in [1.54, 1.807) is 37.3 Å². The number of nitro groups is 1. The Hall–Kier alpha value is -2.76. The first-order chi connectivity index (χ1) is 9.58. The van der Waals surface area contributed by atoms with Gasteiger partial charge in [-0.3, -0.25) is 15.5 Å². The van der Waals surface area contributed by atoms with Gasteiger partial charge in [-0.2, -0.15) is 5.10 Å². The van der Waals surface area contributed by atoms with Crippen LogP contribution in [0.25, 0.3) is 0 Å². The molecule has 0 saturated heterocycles. The van der Waals surface area contributed by atoms with E-state index in [4.69, 9.17) is 0 Å². The summed E-state index contributed by atoms with van der Waals surface area (Å²) in [6.45, 7) is 1.66. The van der Waals surface area contributed by atoms with Gasteiger partial charge in [-0.15, -0.1) is 0 Å². The van der Waals surface area contributed by atoms with E-state index in [0.29, 0.717) is 17.0 Å². The first kappa shape index (κ1) is 13.7. The molecule has 0 radical (unpaired) electrons. The Bertz CT molecular complexity index is 671. The molecule has 5 nitrogen and oxygen atoms in total. The minimum absolute atomic E-state index is 0.0336. The van der Waals surface area contributed by atoms with Crippen LogP contribution in [0, 0.1) is 15.9 Å². The van der Waals surface area contributed by atoms with Gasteiger partial charge in [0.2, 0.25) is 0 Å². The van der Waals surface area contributed by atoms with E-state index in [1.807, 2.05) is 0 Å². The Morgan fingerprint density at radius 2 is 2.00 bits per heavy atom. The van der Waals surface area contributed by atoms with Crippen LogP contribution in [0.4, 0.5) is 15.8 Å². The first-order valence-electron chi connectivity index (χ1n) is 5.87. The summed E-state index contributed by atoms with van der Waals surface area (Å²) in [5.74, 6) is -0.366. The van der Waals surface area contributed by atoms with E-state index >= 15 is 0 Å². The molecule has 0 bridgehead atoms. The summed E-state index contributed by atoms with van der Waals surface area (Å²) in [6, 6.07) is 12.2. The summed E-state index contributed by atoms with van der Waals surface area (Å²) < 4.78 is 13.5. The minimum atomic E-state index is -0.487. The zero-order valence-corrected chi connectivity index (χ0v) is 10.7. The average Bonchev–Trinajstić information content (AvgIpc) is 2.45. The molecule has 0 spiro atoms. The molecule has 2 aromatic carbocycles. The van der Waals surface area contributed by atoms with Crippen molar-refractivity contribution in [3.05, 3.63) is 70.0 Å². The Labute approximate surface area is 114 Å². The van der Waals surface area contributed by atoms with Gasteiger partial charge in [0.05, 0.1) is 16.3 Å². The number of rotatable bonds is 4. The van der Waals surface area contributed by atoms with Crippen molar-refractivity contribution in [1.29, 1.82) is 0 Å². The standard InChI is InChI=1S/C14H12FN3O2/c1-10(13-7-2-3-8-14(13)15)16-17-11-5-4-6-12(9-11)18(19)20/h2-9,17H,1H3. The summed E-state index contributed by atoms with van der Waals surface area (Å²) in [5.41, 5.74) is 3.95. The topological polar surface area (TPSA) is 67.5 Å². The number of benzene rings is 2. The lowest BCUT2D eigenvalue weighted by molar-refractivity contribution is -0.384. The van der Waals surface area contributed by atoms with Crippen molar-refractivity contribution in [2.75, 3.05) is 5.43 Å². The van der Waals surface area contributed by atoms with Crippen LogP contribution in [-0.2, 0) is 0 Å². The lowest BCUT2D eigenvalue weighted by Gasteiger charge is -2.04. The number of halogens is 1. The maximum Gasteiger partial charge on any atom is 0.271 e. The summed E-state index contributed by atoms with van der Waals surface area (Å²) in [7, 11) is 0. The molecular formula is C14H12FN3O2. The third kappa shape index (κ3) is 3.17. The predicted octanol–water partition coefficient (Wildman–Crippen LogP) is 3.57. The van der Waals surface area contributed by atoms with Crippen LogP contribution in [0.15, 0.2) is 53.6 Å². The van der Waals surface area contributed by atoms with Crippen LogP contribution in [-0.4, -0.2) is 10.6 Å². The fraction of sp³-hybridized carbons (Fsp3) is 0.0714. The molecule has 1 N–H and O–H groups in total. The van der Waals surface area contributed by atoms with Gasteiger partial charge in [0.25, 0.3) is 5.69 Å². The molecule has 0 unspecified atom stereocenters. The molecule has 0 fully saturated rings. The quantitative estimate of drug-likeness (QED) is 0.526. The summed E-state index contributed by atoms with van der Waals surface area (Å²) >= 11 is 0. The zero-order valence-electron chi connectivity index (χ0n) is 10.7. The number of nitrogens with one attached hydrogen (secondary N) is 1. The predicted molar refractivity (Wildman–Crippen MR) is 75.3 cm³/mol. The molecule has 20 heavy (non-hydrogen) atoms. The van der Waals surface area contributed by atoms with Crippen molar-refractivity contribution in [2.24, 2.45) is 5.10 Å². The zero-order chi connectivity index (χ0) is 14.5. The van der Waals surface area contributed by atoms with E-state index in [0.717, 1.165) is 0 Å². The number of anilines is 1. The lowest BCUT2D eigenvalue weighted by Crippen LogP contribution is -2.02. The Morgan fingerprint density at radius 1 is 1.25 bits per heavy atom. The molecule has 0 aliphatic rings. The molecule has 102 valence electrons. The fourth-order valence-electron chi connectivity index (χ4n) is 1.65. The average molecular weight is 273 g/mol. The molecule has 0 atom stereocenters. The van der Waals surface area contributed by atoms with E-state index in [9.17, 15) is 14.5 Å². The molecule has 0 amide bonds. The molecule has 0 heterocycles. The molecule has 0 aliphatic heterocycles. The van der Waals surface area contributed by atoms with Crippen LogP contribution >= 0.6 is 0 Å². The van der Waals surface area contributed by atoms with Crippen molar-refractivity contribution in [2.45, 2.75) is 6.92 Å². The highest BCUT2D eigenvalue weighted by Crippen LogP contribution is 2.17. The second-order valence-corrected chi connectivity index (χ2v) is 4.10. The van der Waals surface area contributed by atoms with Crippen LogP contribution in [0.1, 0.15) is 12.5 Å². The smallest absolute Gasteiger partial charge is 0.271 e. The van der Waals surface area contributed by atoms with Crippen molar-refractivity contribution < 1.29 is 9.31 Å². The van der Waals surface area contributed by atoms with E-state index < -0.39 is 4.92 Å². The van der Waals surface area contributed by atoms with Crippen molar-refractivity contribution >= 4 is 17.1 Å². The van der Waals surface area contributed by atoms with E-state index in [-0.39, 0.29) is 11.5 Å². The molecule has 2 rings (SSSR count). The van der Waals surface area contributed by atoms with Crippen molar-refractivity contribution in [3.8, 4) is 0 Å². The fourth-order valence-corrected chi connectivity index (χ4v) is 1.65. The first-order valence-corrected chi connectivity index (χ1v) is 5.87. The number of nitrogens with zero attached hydrogens (tertiary/aromatic N) is 2. The van der Waals surface area contributed by atoms with Gasteiger partial charge in [-0.05, 0) is 19.1 Å². The Kier molecular flexibility index (Phi) is 4.05. The van der Waals surface area contributed by atoms with Gasteiger partial charge in [0.1, 0.15) is 5.82 Å². The van der Waals surface area contributed by atoms with E-state index in [1.165, 1.54) is 18.2 Å². The van der Waals surface area contributed by atoms with E-state index in [2.05, 4.69) is 10.5 Å². The Balaban J connectivity index is 2.19. The van der Waals surface area contributed by atoms with Crippen molar-refractivity contribution in [3.63, 3.8) is 0 Å². The number of hydrogen-bond acceptors (Lipinski definition) is 4. The third-order valence-corrected chi connectivity index (χ3v) is 2.67. The van der Waals surface area contributed by atoms with Crippen LogP contribution in [0.5, 0.6) is 0 Å². The van der Waals surface area contributed by atoms with Gasteiger partial charge >= 0.3 is 0 Å². The molecule has 0 aromatic heterocycles.